The van der Waals surface area contributed by atoms with Crippen LogP contribution in [0.25, 0.3) is 49.7 Å². The van der Waals surface area contributed by atoms with Crippen molar-refractivity contribution < 1.29 is 4.74 Å². The van der Waals surface area contributed by atoms with Gasteiger partial charge in [0.1, 0.15) is 11.5 Å². The third-order valence-electron chi connectivity index (χ3n) is 12.2. The molecule has 272 valence electrons. The van der Waals surface area contributed by atoms with Crippen LogP contribution < -0.4 is 9.64 Å². The summed E-state index contributed by atoms with van der Waals surface area (Å²) >= 11 is 0. The molecule has 1 atom stereocenters. The molecule has 0 amide bonds. The first-order valence-electron chi connectivity index (χ1n) is 19.9. The van der Waals surface area contributed by atoms with E-state index in [1.165, 1.54) is 60.9 Å². The van der Waals surface area contributed by atoms with Crippen LogP contribution >= 0.6 is 0 Å². The van der Waals surface area contributed by atoms with E-state index < -0.39 is 5.41 Å². The average molecular weight is 741 g/mol. The van der Waals surface area contributed by atoms with Crippen LogP contribution in [0.1, 0.15) is 22.3 Å². The van der Waals surface area contributed by atoms with Crippen LogP contribution in [0, 0.1) is 0 Å². The maximum Gasteiger partial charge on any atom is 0.132 e. The van der Waals surface area contributed by atoms with Gasteiger partial charge < -0.3 is 14.2 Å². The van der Waals surface area contributed by atoms with Crippen molar-refractivity contribution in [2.75, 3.05) is 4.90 Å². The quantitative estimate of drug-likeness (QED) is 0.175. The Balaban J connectivity index is 1.12. The Labute approximate surface area is 337 Å². The second-order valence-corrected chi connectivity index (χ2v) is 15.3. The van der Waals surface area contributed by atoms with E-state index in [1.54, 1.807) is 0 Å². The van der Waals surface area contributed by atoms with Gasteiger partial charge in [0.05, 0.1) is 22.1 Å². The maximum atomic E-state index is 6.91. The number of benzene rings is 9. The zero-order chi connectivity index (χ0) is 38.2. The first-order chi connectivity index (χ1) is 28.8. The van der Waals surface area contributed by atoms with E-state index in [1.807, 2.05) is 0 Å². The van der Waals surface area contributed by atoms with Gasteiger partial charge in [-0.1, -0.05) is 158 Å². The lowest BCUT2D eigenvalue weighted by molar-refractivity contribution is 0.434. The number of para-hydroxylation sites is 4. The van der Waals surface area contributed by atoms with E-state index >= 15 is 0 Å². The number of hydrogen-bond donors (Lipinski definition) is 0. The highest BCUT2D eigenvalue weighted by Gasteiger charge is 2.50. The Morgan fingerprint density at radius 2 is 0.879 bits per heavy atom. The smallest absolute Gasteiger partial charge is 0.132 e. The Kier molecular flexibility index (Phi) is 7.14. The standard InChI is InChI=1S/C55H36N2O/c1-3-14-37(15-4-1)39-26-30-41(31-27-39)56(42-32-28-40(29-33-42)38-16-5-2-6-17-38)43-34-35-53-49(36-43)55(47-21-9-12-25-52(47)58-53)46-20-8-11-24-51(46)57-50-23-10-7-18-44(50)45-19-13-22-48(55)54(45)57/h1-36H. The Hall–Kier alpha value is -7.62. The maximum absolute atomic E-state index is 6.91. The first-order valence-corrected chi connectivity index (χ1v) is 19.9. The molecule has 2 aliphatic heterocycles. The van der Waals surface area contributed by atoms with Gasteiger partial charge in [0.2, 0.25) is 0 Å². The molecule has 10 aromatic rings. The molecule has 3 nitrogen and oxygen atoms in total. The van der Waals surface area contributed by atoms with E-state index in [2.05, 4.69) is 228 Å². The van der Waals surface area contributed by atoms with Crippen molar-refractivity contribution in [1.29, 1.82) is 0 Å². The second kappa shape index (κ2) is 12.7. The summed E-state index contributed by atoms with van der Waals surface area (Å²) in [4.78, 5) is 2.38. The highest BCUT2D eigenvalue weighted by Crippen LogP contribution is 2.61. The lowest BCUT2D eigenvalue weighted by atomic mass is 9.61. The molecule has 2 aliphatic rings. The van der Waals surface area contributed by atoms with E-state index in [9.17, 15) is 0 Å². The summed E-state index contributed by atoms with van der Waals surface area (Å²) in [5.41, 5.74) is 15.7. The fraction of sp³-hybridized carbons (Fsp3) is 0.0182. The van der Waals surface area contributed by atoms with Crippen molar-refractivity contribution in [1.82, 2.24) is 4.57 Å². The van der Waals surface area contributed by atoms with Crippen LogP contribution in [0.15, 0.2) is 218 Å². The van der Waals surface area contributed by atoms with Crippen LogP contribution in [0.3, 0.4) is 0 Å². The van der Waals surface area contributed by atoms with Crippen LogP contribution in [0.5, 0.6) is 11.5 Å². The number of aromatic nitrogens is 1. The number of nitrogens with zero attached hydrogens (tertiary/aromatic N) is 2. The molecule has 0 N–H and O–H groups in total. The molecule has 0 bridgehead atoms. The van der Waals surface area contributed by atoms with E-state index in [-0.39, 0.29) is 0 Å². The third kappa shape index (κ3) is 4.68. The molecule has 0 saturated heterocycles. The molecular weight excluding hydrogens is 705 g/mol. The summed E-state index contributed by atoms with van der Waals surface area (Å²) in [5.74, 6) is 1.74. The molecule has 58 heavy (non-hydrogen) atoms. The molecule has 0 radical (unpaired) electrons. The number of rotatable bonds is 5. The molecular formula is C55H36N2O. The van der Waals surface area contributed by atoms with Crippen molar-refractivity contribution in [3.8, 4) is 39.4 Å². The average Bonchev–Trinajstić information content (AvgIpc) is 3.64. The predicted octanol–water partition coefficient (Wildman–Crippen LogP) is 14.4. The van der Waals surface area contributed by atoms with Gasteiger partial charge in [0, 0.05) is 39.0 Å². The summed E-state index contributed by atoms with van der Waals surface area (Å²) in [6.07, 6.45) is 0. The van der Waals surface area contributed by atoms with Crippen LogP contribution in [0.4, 0.5) is 17.1 Å². The lowest BCUT2D eigenvalue weighted by Crippen LogP contribution is -2.38. The largest absolute Gasteiger partial charge is 0.457 e. The monoisotopic (exact) mass is 740 g/mol. The van der Waals surface area contributed by atoms with Crippen molar-refractivity contribution in [3.05, 3.63) is 241 Å². The molecule has 1 spiro atoms. The highest BCUT2D eigenvalue weighted by molar-refractivity contribution is 6.12. The summed E-state index contributed by atoms with van der Waals surface area (Å²) in [6, 6.07) is 79.1. The van der Waals surface area contributed by atoms with E-state index in [0.717, 1.165) is 39.7 Å². The summed E-state index contributed by atoms with van der Waals surface area (Å²) in [5, 5.41) is 2.51. The minimum Gasteiger partial charge on any atom is -0.457 e. The zero-order valence-corrected chi connectivity index (χ0v) is 31.6. The molecule has 1 aromatic heterocycles. The third-order valence-corrected chi connectivity index (χ3v) is 12.2. The summed E-state index contributed by atoms with van der Waals surface area (Å²) in [6.45, 7) is 0. The topological polar surface area (TPSA) is 17.4 Å². The van der Waals surface area contributed by atoms with Gasteiger partial charge in [-0.2, -0.15) is 0 Å². The van der Waals surface area contributed by atoms with Crippen LogP contribution in [0.2, 0.25) is 0 Å². The molecule has 3 heteroatoms. The number of fused-ring (bicyclic) bond motifs is 11. The molecule has 0 fully saturated rings. The number of hydrogen-bond acceptors (Lipinski definition) is 2. The minimum absolute atomic E-state index is 0.666. The Bertz CT molecular complexity index is 3100. The van der Waals surface area contributed by atoms with Crippen molar-refractivity contribution in [2.45, 2.75) is 5.41 Å². The molecule has 0 saturated carbocycles. The first kappa shape index (κ1) is 32.6. The van der Waals surface area contributed by atoms with Crippen molar-refractivity contribution in [2.24, 2.45) is 0 Å². The SMILES string of the molecule is c1ccc(-c2ccc(N(c3ccc(-c4ccccc4)cc3)c3ccc4c(c3)C3(c5ccccc5O4)c4ccccc4-n4c5ccccc5c5cccc3c54)cc2)cc1. The predicted molar refractivity (Wildman–Crippen MR) is 238 cm³/mol. The number of ether oxygens (including phenoxy) is 1. The molecule has 9 aromatic carbocycles. The lowest BCUT2D eigenvalue weighted by Gasteiger charge is -2.45. The second-order valence-electron chi connectivity index (χ2n) is 15.3. The van der Waals surface area contributed by atoms with Crippen LogP contribution in [-0.4, -0.2) is 4.57 Å². The fourth-order valence-electron chi connectivity index (χ4n) is 9.77. The van der Waals surface area contributed by atoms with Crippen molar-refractivity contribution >= 4 is 38.9 Å². The number of anilines is 3. The molecule has 1 unspecified atom stereocenters. The van der Waals surface area contributed by atoms with Gasteiger partial charge in [0.15, 0.2) is 0 Å². The Morgan fingerprint density at radius 3 is 1.59 bits per heavy atom. The molecule has 0 aliphatic carbocycles. The molecule has 3 heterocycles. The highest BCUT2D eigenvalue weighted by atomic mass is 16.5. The van der Waals surface area contributed by atoms with Crippen molar-refractivity contribution in [3.63, 3.8) is 0 Å². The Morgan fingerprint density at radius 1 is 0.362 bits per heavy atom. The van der Waals surface area contributed by atoms with Gasteiger partial charge in [-0.3, -0.25) is 0 Å². The van der Waals surface area contributed by atoms with Gasteiger partial charge in [0.25, 0.3) is 0 Å². The minimum atomic E-state index is -0.666. The van der Waals surface area contributed by atoms with Crippen LogP contribution in [-0.2, 0) is 5.41 Å². The van der Waals surface area contributed by atoms with Gasteiger partial charge in [-0.25, -0.2) is 0 Å². The zero-order valence-electron chi connectivity index (χ0n) is 31.6. The summed E-state index contributed by atoms with van der Waals surface area (Å²) in [7, 11) is 0. The summed E-state index contributed by atoms with van der Waals surface area (Å²) < 4.78 is 9.40. The van der Waals surface area contributed by atoms with Gasteiger partial charge >= 0.3 is 0 Å². The molecule has 12 rings (SSSR count). The van der Waals surface area contributed by atoms with E-state index in [0.29, 0.717) is 0 Å². The van der Waals surface area contributed by atoms with Gasteiger partial charge in [-0.15, -0.1) is 0 Å². The normalized spacial score (nSPS) is 14.8. The van der Waals surface area contributed by atoms with E-state index in [4.69, 9.17) is 4.74 Å². The van der Waals surface area contributed by atoms with Gasteiger partial charge in [-0.05, 0) is 94.0 Å². The fourth-order valence-corrected chi connectivity index (χ4v) is 9.77.